The van der Waals surface area contributed by atoms with Gasteiger partial charge in [0.1, 0.15) is 4.70 Å². The van der Waals surface area contributed by atoms with Gasteiger partial charge in [-0.05, 0) is 42.5 Å². The summed E-state index contributed by atoms with van der Waals surface area (Å²) in [4.78, 5) is 25.2. The molecule has 3 aromatic heterocycles. The number of amides is 1. The van der Waals surface area contributed by atoms with Gasteiger partial charge in [0.15, 0.2) is 5.16 Å². The molecular formula is C20H21N5O2S2. The van der Waals surface area contributed by atoms with Gasteiger partial charge in [-0.2, -0.15) is 0 Å². The van der Waals surface area contributed by atoms with Crippen LogP contribution in [0.3, 0.4) is 0 Å². The second-order valence-corrected chi connectivity index (χ2v) is 8.63. The van der Waals surface area contributed by atoms with Gasteiger partial charge in [0.2, 0.25) is 11.7 Å². The van der Waals surface area contributed by atoms with E-state index in [4.69, 9.17) is 0 Å². The van der Waals surface area contributed by atoms with Crippen LogP contribution in [0, 0.1) is 6.92 Å². The monoisotopic (exact) mass is 427 g/mol. The normalized spacial score (nSPS) is 11.4. The highest BCUT2D eigenvalue weighted by molar-refractivity contribution is 7.99. The number of thioether (sulfide) groups is 1. The number of nitrogens with zero attached hydrogens (tertiary/aromatic N) is 4. The molecular weight excluding hydrogens is 406 g/mol. The molecule has 0 radical (unpaired) electrons. The third-order valence-electron chi connectivity index (χ3n) is 4.55. The van der Waals surface area contributed by atoms with E-state index in [0.29, 0.717) is 22.2 Å². The minimum Gasteiger partial charge on any atom is -0.325 e. The van der Waals surface area contributed by atoms with Crippen LogP contribution in [0.2, 0.25) is 0 Å². The van der Waals surface area contributed by atoms with Crippen LogP contribution in [0.5, 0.6) is 0 Å². The fourth-order valence-corrected chi connectivity index (χ4v) is 4.73. The van der Waals surface area contributed by atoms with Crippen molar-refractivity contribution in [2.24, 2.45) is 0 Å². The van der Waals surface area contributed by atoms with E-state index in [1.807, 2.05) is 47.0 Å². The summed E-state index contributed by atoms with van der Waals surface area (Å²) in [7, 11) is 0. The SMILES string of the molecule is CCCCn1c(=O)c2sccc2n2c(SCC(=O)Nc3cccc(C)c3)nnc12. The molecule has 29 heavy (non-hydrogen) atoms. The lowest BCUT2D eigenvalue weighted by molar-refractivity contribution is -0.113. The van der Waals surface area contributed by atoms with Gasteiger partial charge in [0.25, 0.3) is 5.56 Å². The topological polar surface area (TPSA) is 81.3 Å². The molecule has 1 amide bonds. The fourth-order valence-electron chi connectivity index (χ4n) is 3.16. The number of aromatic nitrogens is 4. The van der Waals surface area contributed by atoms with Crippen LogP contribution in [0.4, 0.5) is 5.69 Å². The lowest BCUT2D eigenvalue weighted by atomic mass is 10.2. The smallest absolute Gasteiger partial charge is 0.272 e. The van der Waals surface area contributed by atoms with Gasteiger partial charge in [-0.1, -0.05) is 37.2 Å². The highest BCUT2D eigenvalue weighted by atomic mass is 32.2. The predicted molar refractivity (Wildman–Crippen MR) is 118 cm³/mol. The van der Waals surface area contributed by atoms with Crippen LogP contribution in [0.15, 0.2) is 45.7 Å². The van der Waals surface area contributed by atoms with Crippen LogP contribution >= 0.6 is 23.1 Å². The number of fused-ring (bicyclic) bond motifs is 3. The van der Waals surface area contributed by atoms with E-state index in [2.05, 4.69) is 22.4 Å². The largest absolute Gasteiger partial charge is 0.325 e. The molecule has 0 saturated heterocycles. The van der Waals surface area contributed by atoms with Crippen LogP contribution in [0.1, 0.15) is 25.3 Å². The van der Waals surface area contributed by atoms with Crippen molar-refractivity contribution in [3.8, 4) is 0 Å². The summed E-state index contributed by atoms with van der Waals surface area (Å²) in [5, 5.41) is 13.9. The van der Waals surface area contributed by atoms with E-state index in [1.165, 1.54) is 23.1 Å². The van der Waals surface area contributed by atoms with Gasteiger partial charge in [-0.25, -0.2) is 0 Å². The first kappa shape index (κ1) is 19.7. The molecule has 7 nitrogen and oxygen atoms in total. The Hall–Kier alpha value is -2.65. The summed E-state index contributed by atoms with van der Waals surface area (Å²) in [6.07, 6.45) is 1.87. The maximum atomic E-state index is 12.8. The Labute approximate surface area is 175 Å². The Morgan fingerprint density at radius 3 is 2.93 bits per heavy atom. The molecule has 9 heteroatoms. The van der Waals surface area contributed by atoms with Crippen molar-refractivity contribution in [3.63, 3.8) is 0 Å². The van der Waals surface area contributed by atoms with Crippen molar-refractivity contribution in [2.45, 2.75) is 38.4 Å². The zero-order valence-corrected chi connectivity index (χ0v) is 17.8. The second-order valence-electron chi connectivity index (χ2n) is 6.77. The van der Waals surface area contributed by atoms with E-state index < -0.39 is 0 Å². The van der Waals surface area contributed by atoms with Crippen molar-refractivity contribution in [1.29, 1.82) is 0 Å². The van der Waals surface area contributed by atoms with Crippen LogP contribution in [0.25, 0.3) is 16.0 Å². The Morgan fingerprint density at radius 2 is 2.14 bits per heavy atom. The maximum absolute atomic E-state index is 12.8. The summed E-state index contributed by atoms with van der Waals surface area (Å²) in [5.74, 6) is 0.614. The summed E-state index contributed by atoms with van der Waals surface area (Å²) >= 11 is 2.73. The number of hydrogen-bond donors (Lipinski definition) is 1. The summed E-state index contributed by atoms with van der Waals surface area (Å²) in [6.45, 7) is 4.67. The number of benzene rings is 1. The average molecular weight is 428 g/mol. The summed E-state index contributed by atoms with van der Waals surface area (Å²) < 4.78 is 4.25. The lowest BCUT2D eigenvalue weighted by Crippen LogP contribution is -2.22. The van der Waals surface area contributed by atoms with Crippen LogP contribution in [-0.4, -0.2) is 30.8 Å². The van der Waals surface area contributed by atoms with Crippen molar-refractivity contribution < 1.29 is 4.79 Å². The predicted octanol–water partition coefficient (Wildman–Crippen LogP) is 3.95. The molecule has 1 aromatic carbocycles. The van der Waals surface area contributed by atoms with Crippen molar-refractivity contribution in [1.82, 2.24) is 19.2 Å². The molecule has 0 aliphatic carbocycles. The highest BCUT2D eigenvalue weighted by Gasteiger charge is 2.18. The quantitative estimate of drug-likeness (QED) is 0.452. The number of anilines is 1. The van der Waals surface area contributed by atoms with E-state index in [1.54, 1.807) is 4.57 Å². The molecule has 3 heterocycles. The number of unbranched alkanes of at least 4 members (excludes halogenated alkanes) is 1. The number of rotatable bonds is 7. The van der Waals surface area contributed by atoms with E-state index in [-0.39, 0.29) is 17.2 Å². The number of hydrogen-bond acceptors (Lipinski definition) is 6. The lowest BCUT2D eigenvalue weighted by Gasteiger charge is -2.09. The Bertz CT molecular complexity index is 1240. The molecule has 0 spiro atoms. The van der Waals surface area contributed by atoms with Crippen molar-refractivity contribution >= 4 is 50.7 Å². The second kappa shape index (κ2) is 8.38. The number of thiophene rings is 1. The first-order valence-corrected chi connectivity index (χ1v) is 11.3. The minimum atomic E-state index is -0.113. The van der Waals surface area contributed by atoms with Crippen molar-refractivity contribution in [2.75, 3.05) is 11.1 Å². The first-order chi connectivity index (χ1) is 14.1. The molecule has 0 aliphatic heterocycles. The summed E-state index contributed by atoms with van der Waals surface area (Å²) in [6, 6.07) is 9.59. The van der Waals surface area contributed by atoms with Gasteiger partial charge < -0.3 is 5.32 Å². The van der Waals surface area contributed by atoms with E-state index in [9.17, 15) is 9.59 Å². The number of nitrogens with one attached hydrogen (secondary N) is 1. The highest BCUT2D eigenvalue weighted by Crippen LogP contribution is 2.24. The molecule has 4 rings (SSSR count). The van der Waals surface area contributed by atoms with E-state index in [0.717, 1.165) is 29.6 Å². The van der Waals surface area contributed by atoms with E-state index >= 15 is 0 Å². The molecule has 0 aliphatic rings. The molecule has 0 unspecified atom stereocenters. The zero-order valence-electron chi connectivity index (χ0n) is 16.2. The van der Waals surface area contributed by atoms with Crippen molar-refractivity contribution in [3.05, 3.63) is 51.6 Å². The van der Waals surface area contributed by atoms with Gasteiger partial charge >= 0.3 is 0 Å². The number of aryl methyl sites for hydroxylation is 2. The molecule has 1 N–H and O–H groups in total. The molecule has 0 atom stereocenters. The Morgan fingerprint density at radius 1 is 1.28 bits per heavy atom. The van der Waals surface area contributed by atoms with Crippen LogP contribution < -0.4 is 10.9 Å². The maximum Gasteiger partial charge on any atom is 0.272 e. The Kier molecular flexibility index (Phi) is 5.68. The van der Waals surface area contributed by atoms with Gasteiger partial charge in [-0.3, -0.25) is 18.6 Å². The van der Waals surface area contributed by atoms with Crippen LogP contribution in [-0.2, 0) is 11.3 Å². The third kappa shape index (κ3) is 3.92. The van der Waals surface area contributed by atoms with Gasteiger partial charge in [-0.15, -0.1) is 21.5 Å². The molecule has 4 aromatic rings. The van der Waals surface area contributed by atoms with Gasteiger partial charge in [0.05, 0.1) is 11.3 Å². The Balaban J connectivity index is 1.62. The molecule has 150 valence electrons. The molecule has 0 saturated carbocycles. The minimum absolute atomic E-state index is 0.0305. The zero-order chi connectivity index (χ0) is 20.4. The molecule has 0 bridgehead atoms. The summed E-state index contributed by atoms with van der Waals surface area (Å²) in [5.41, 5.74) is 2.62. The fraction of sp³-hybridized carbons (Fsp3) is 0.300. The number of carbonyl (C=O) groups is 1. The average Bonchev–Trinajstić information content (AvgIpc) is 3.33. The number of carbonyl (C=O) groups excluding carboxylic acids is 1. The van der Waals surface area contributed by atoms with Gasteiger partial charge in [0, 0.05) is 12.2 Å². The third-order valence-corrected chi connectivity index (χ3v) is 6.37. The molecule has 0 fully saturated rings. The first-order valence-electron chi connectivity index (χ1n) is 9.43. The standard InChI is InChI=1S/C20H21N5O2S2/c1-3-4-9-24-18(27)17-15(8-10-28-17)25-19(24)22-23-20(25)29-12-16(26)21-14-7-5-6-13(2)11-14/h5-8,10-11H,3-4,9,12H2,1-2H3,(H,21,26).